The first-order valence-corrected chi connectivity index (χ1v) is 5.57. The number of nitrogens with zero attached hydrogens (tertiary/aromatic N) is 1. The highest BCUT2D eigenvalue weighted by Crippen LogP contribution is 2.40. The zero-order valence-electron chi connectivity index (χ0n) is 9.09. The fourth-order valence-electron chi connectivity index (χ4n) is 2.99. The summed E-state index contributed by atoms with van der Waals surface area (Å²) in [5.74, 6) is 2.64. The van der Waals surface area contributed by atoms with Gasteiger partial charge in [-0.2, -0.15) is 0 Å². The van der Waals surface area contributed by atoms with Crippen molar-refractivity contribution < 1.29 is 0 Å². The van der Waals surface area contributed by atoms with E-state index >= 15 is 0 Å². The molecule has 0 N–H and O–H groups in total. The highest BCUT2D eigenvalue weighted by Gasteiger charge is 2.34. The Labute approximate surface area is 81.8 Å². The molecule has 1 heterocycles. The van der Waals surface area contributed by atoms with Crippen LogP contribution in [0.3, 0.4) is 0 Å². The van der Waals surface area contributed by atoms with Crippen molar-refractivity contribution in [3.8, 4) is 0 Å². The van der Waals surface area contributed by atoms with Gasteiger partial charge in [-0.1, -0.05) is 25.5 Å². The van der Waals surface area contributed by atoms with E-state index in [2.05, 4.69) is 31.9 Å². The van der Waals surface area contributed by atoms with Crippen LogP contribution in [0.1, 0.15) is 26.7 Å². The SMILES string of the molecule is CC(C)C1=CCC2CN(C)CCC12. The highest BCUT2D eigenvalue weighted by atomic mass is 15.1. The smallest absolute Gasteiger partial charge is 0.00153 e. The van der Waals surface area contributed by atoms with Crippen molar-refractivity contribution in [1.82, 2.24) is 4.90 Å². The molecule has 0 saturated carbocycles. The van der Waals surface area contributed by atoms with Gasteiger partial charge in [-0.05, 0) is 44.2 Å². The summed E-state index contributed by atoms with van der Waals surface area (Å²) < 4.78 is 0. The predicted molar refractivity (Wildman–Crippen MR) is 56.6 cm³/mol. The molecule has 2 rings (SSSR count). The lowest BCUT2D eigenvalue weighted by atomic mass is 9.81. The molecule has 1 aliphatic carbocycles. The summed E-state index contributed by atoms with van der Waals surface area (Å²) in [5, 5.41) is 0. The molecule has 0 aromatic rings. The number of hydrogen-bond acceptors (Lipinski definition) is 1. The largest absolute Gasteiger partial charge is 0.306 e. The topological polar surface area (TPSA) is 3.24 Å². The van der Waals surface area contributed by atoms with Crippen molar-refractivity contribution >= 4 is 0 Å². The van der Waals surface area contributed by atoms with Crippen molar-refractivity contribution in [2.75, 3.05) is 20.1 Å². The molecule has 0 aromatic carbocycles. The Morgan fingerprint density at radius 2 is 2.23 bits per heavy atom. The summed E-state index contributed by atoms with van der Waals surface area (Å²) in [6, 6.07) is 0. The van der Waals surface area contributed by atoms with Crippen molar-refractivity contribution in [1.29, 1.82) is 0 Å². The number of hydrogen-bond donors (Lipinski definition) is 0. The van der Waals surface area contributed by atoms with Crippen molar-refractivity contribution in [2.45, 2.75) is 26.7 Å². The minimum absolute atomic E-state index is 0.776. The Kier molecular flexibility index (Phi) is 2.46. The van der Waals surface area contributed by atoms with E-state index in [9.17, 15) is 0 Å². The molecule has 74 valence electrons. The van der Waals surface area contributed by atoms with Crippen LogP contribution in [0.4, 0.5) is 0 Å². The zero-order chi connectivity index (χ0) is 9.42. The minimum Gasteiger partial charge on any atom is -0.306 e. The van der Waals surface area contributed by atoms with Gasteiger partial charge >= 0.3 is 0 Å². The molecule has 0 amide bonds. The minimum atomic E-state index is 0.776. The van der Waals surface area contributed by atoms with Gasteiger partial charge in [-0.3, -0.25) is 0 Å². The lowest BCUT2D eigenvalue weighted by Crippen LogP contribution is -2.37. The summed E-state index contributed by atoms with van der Waals surface area (Å²) in [6.45, 7) is 7.29. The summed E-state index contributed by atoms with van der Waals surface area (Å²) >= 11 is 0. The molecule has 1 aliphatic heterocycles. The number of fused-ring (bicyclic) bond motifs is 1. The molecule has 1 nitrogen and oxygen atoms in total. The van der Waals surface area contributed by atoms with E-state index in [1.54, 1.807) is 5.57 Å². The van der Waals surface area contributed by atoms with Crippen LogP contribution in [0.2, 0.25) is 0 Å². The van der Waals surface area contributed by atoms with Crippen molar-refractivity contribution in [3.63, 3.8) is 0 Å². The van der Waals surface area contributed by atoms with Gasteiger partial charge in [0.05, 0.1) is 0 Å². The van der Waals surface area contributed by atoms with Gasteiger partial charge in [0.1, 0.15) is 0 Å². The van der Waals surface area contributed by atoms with Gasteiger partial charge in [0.25, 0.3) is 0 Å². The van der Waals surface area contributed by atoms with Crippen LogP contribution in [0, 0.1) is 17.8 Å². The van der Waals surface area contributed by atoms with Crippen LogP contribution >= 0.6 is 0 Å². The fraction of sp³-hybridized carbons (Fsp3) is 0.833. The van der Waals surface area contributed by atoms with Gasteiger partial charge in [-0.25, -0.2) is 0 Å². The van der Waals surface area contributed by atoms with Crippen molar-refractivity contribution in [3.05, 3.63) is 11.6 Å². The van der Waals surface area contributed by atoms with E-state index in [1.807, 2.05) is 0 Å². The Hall–Kier alpha value is -0.300. The van der Waals surface area contributed by atoms with Crippen LogP contribution in [0.25, 0.3) is 0 Å². The number of likely N-dealkylation sites (tertiary alicyclic amines) is 1. The molecule has 0 spiro atoms. The molecule has 1 heteroatoms. The van der Waals surface area contributed by atoms with Crippen molar-refractivity contribution in [2.24, 2.45) is 17.8 Å². The maximum Gasteiger partial charge on any atom is 0.00153 e. The second kappa shape index (κ2) is 3.45. The molecule has 2 unspecified atom stereocenters. The Morgan fingerprint density at radius 3 is 2.92 bits per heavy atom. The summed E-state index contributed by atoms with van der Waals surface area (Å²) in [6.07, 6.45) is 5.24. The Bertz CT molecular complexity index is 217. The first-order chi connectivity index (χ1) is 6.18. The third-order valence-electron chi connectivity index (χ3n) is 3.69. The average Bonchev–Trinajstić information content (AvgIpc) is 2.46. The molecule has 0 radical (unpaired) electrons. The standard InChI is InChI=1S/C12H21N/c1-9(2)11-5-4-10-8-13(3)7-6-12(10)11/h5,9-10,12H,4,6-8H2,1-3H3. The van der Waals surface area contributed by atoms with E-state index in [-0.39, 0.29) is 0 Å². The highest BCUT2D eigenvalue weighted by molar-refractivity contribution is 5.18. The van der Waals surface area contributed by atoms with Gasteiger partial charge < -0.3 is 4.90 Å². The maximum absolute atomic E-state index is 2.51. The molecule has 1 fully saturated rings. The first kappa shape index (κ1) is 9.26. The Balaban J connectivity index is 2.05. The second-order valence-corrected chi connectivity index (χ2v) is 5.01. The van der Waals surface area contributed by atoms with E-state index in [0.717, 1.165) is 17.8 Å². The van der Waals surface area contributed by atoms with Crippen LogP contribution in [0.15, 0.2) is 11.6 Å². The average molecular weight is 179 g/mol. The lowest BCUT2D eigenvalue weighted by Gasteiger charge is -2.35. The summed E-state index contributed by atoms with van der Waals surface area (Å²) in [5.41, 5.74) is 1.75. The van der Waals surface area contributed by atoms with E-state index in [4.69, 9.17) is 0 Å². The van der Waals surface area contributed by atoms with E-state index < -0.39 is 0 Å². The fourth-order valence-corrected chi connectivity index (χ4v) is 2.99. The normalized spacial score (nSPS) is 34.9. The molecule has 13 heavy (non-hydrogen) atoms. The van der Waals surface area contributed by atoms with Gasteiger partial charge in [0.2, 0.25) is 0 Å². The summed E-state index contributed by atoms with van der Waals surface area (Å²) in [4.78, 5) is 2.48. The maximum atomic E-state index is 2.51. The van der Waals surface area contributed by atoms with Crippen LogP contribution in [-0.2, 0) is 0 Å². The first-order valence-electron chi connectivity index (χ1n) is 5.57. The lowest BCUT2D eigenvalue weighted by molar-refractivity contribution is 0.171. The second-order valence-electron chi connectivity index (χ2n) is 5.01. The Morgan fingerprint density at radius 1 is 1.46 bits per heavy atom. The third kappa shape index (κ3) is 1.67. The molecule has 0 aromatic heterocycles. The third-order valence-corrected chi connectivity index (χ3v) is 3.69. The van der Waals surface area contributed by atoms with E-state index in [0.29, 0.717) is 0 Å². The van der Waals surface area contributed by atoms with Gasteiger partial charge in [-0.15, -0.1) is 0 Å². The number of piperidine rings is 1. The van der Waals surface area contributed by atoms with Crippen LogP contribution in [0.5, 0.6) is 0 Å². The molecular formula is C12H21N. The monoisotopic (exact) mass is 179 g/mol. The van der Waals surface area contributed by atoms with Gasteiger partial charge in [0, 0.05) is 6.54 Å². The molecular weight excluding hydrogens is 158 g/mol. The molecule has 0 bridgehead atoms. The number of rotatable bonds is 1. The van der Waals surface area contributed by atoms with Crippen LogP contribution < -0.4 is 0 Å². The van der Waals surface area contributed by atoms with Crippen LogP contribution in [-0.4, -0.2) is 25.0 Å². The number of allylic oxidation sites excluding steroid dienone is 2. The molecule has 1 saturated heterocycles. The van der Waals surface area contributed by atoms with Gasteiger partial charge in [0.15, 0.2) is 0 Å². The zero-order valence-corrected chi connectivity index (χ0v) is 9.09. The predicted octanol–water partition coefficient (Wildman–Crippen LogP) is 2.54. The molecule has 2 atom stereocenters. The summed E-state index contributed by atoms with van der Waals surface area (Å²) in [7, 11) is 2.25. The van der Waals surface area contributed by atoms with E-state index in [1.165, 1.54) is 25.9 Å². The molecule has 2 aliphatic rings. The quantitative estimate of drug-likeness (QED) is 0.559.